The minimum Gasteiger partial charge on any atom is -0.438 e. The first kappa shape index (κ1) is 11.4. The lowest BCUT2D eigenvalue weighted by Gasteiger charge is -2.09. The number of carbonyl (C=O) groups excluding carboxylic acids is 1. The van der Waals surface area contributed by atoms with E-state index >= 15 is 0 Å². The third-order valence-corrected chi connectivity index (χ3v) is 3.02. The number of thiophene rings is 1. The average molecular weight is 243 g/mol. The minimum absolute atomic E-state index is 0.463. The topological polar surface area (TPSA) is 50.1 Å². The zero-order valence-electron chi connectivity index (χ0n) is 8.87. The van der Waals surface area contributed by atoms with Gasteiger partial charge in [0.2, 0.25) is 6.10 Å². The monoisotopic (exact) mass is 243 g/mol. The Morgan fingerprint density at radius 1 is 1.24 bits per heavy atom. The van der Waals surface area contributed by atoms with Crippen LogP contribution in [-0.2, 0) is 4.74 Å². The summed E-state index contributed by atoms with van der Waals surface area (Å²) >= 11 is 1.29. The number of ether oxygens (including phenoxy) is 1. The number of nitriles is 1. The maximum Gasteiger partial charge on any atom is 0.349 e. The van der Waals surface area contributed by atoms with Crippen molar-refractivity contribution in [2.45, 2.75) is 6.10 Å². The van der Waals surface area contributed by atoms with Gasteiger partial charge in [-0.2, -0.15) is 5.26 Å². The quantitative estimate of drug-likeness (QED) is 0.778. The van der Waals surface area contributed by atoms with Crippen LogP contribution >= 0.6 is 11.3 Å². The van der Waals surface area contributed by atoms with Crippen LogP contribution in [0.4, 0.5) is 0 Å². The molecule has 1 aromatic heterocycles. The Morgan fingerprint density at radius 3 is 2.59 bits per heavy atom. The standard InChI is InChI=1S/C13H9NO2S/c14-9-11(10-5-2-1-3-6-10)16-13(15)12-7-4-8-17-12/h1-8,11H. The van der Waals surface area contributed by atoms with Gasteiger partial charge in [-0.3, -0.25) is 0 Å². The molecular weight excluding hydrogens is 234 g/mol. The van der Waals surface area contributed by atoms with E-state index in [1.807, 2.05) is 12.1 Å². The highest BCUT2D eigenvalue weighted by molar-refractivity contribution is 7.11. The Balaban J connectivity index is 2.12. The molecule has 3 nitrogen and oxygen atoms in total. The highest BCUT2D eigenvalue weighted by Crippen LogP contribution is 2.19. The van der Waals surface area contributed by atoms with Gasteiger partial charge in [-0.25, -0.2) is 4.79 Å². The van der Waals surface area contributed by atoms with E-state index in [-0.39, 0.29) is 0 Å². The molecule has 0 aliphatic heterocycles. The van der Waals surface area contributed by atoms with Gasteiger partial charge >= 0.3 is 5.97 Å². The maximum absolute atomic E-state index is 11.7. The smallest absolute Gasteiger partial charge is 0.349 e. The number of rotatable bonds is 3. The molecule has 0 aliphatic carbocycles. The number of hydrogen-bond acceptors (Lipinski definition) is 4. The lowest BCUT2D eigenvalue weighted by Crippen LogP contribution is -2.08. The zero-order valence-corrected chi connectivity index (χ0v) is 9.68. The normalized spacial score (nSPS) is 11.5. The fourth-order valence-electron chi connectivity index (χ4n) is 1.36. The van der Waals surface area contributed by atoms with E-state index in [2.05, 4.69) is 0 Å². The van der Waals surface area contributed by atoms with Crippen molar-refractivity contribution >= 4 is 17.3 Å². The van der Waals surface area contributed by atoms with Crippen LogP contribution in [0.25, 0.3) is 0 Å². The van der Waals surface area contributed by atoms with Crippen LogP contribution < -0.4 is 0 Å². The molecule has 0 aliphatic rings. The molecule has 0 spiro atoms. The van der Waals surface area contributed by atoms with E-state index in [4.69, 9.17) is 10.00 Å². The molecule has 17 heavy (non-hydrogen) atoms. The highest BCUT2D eigenvalue weighted by atomic mass is 32.1. The van der Waals surface area contributed by atoms with E-state index in [0.717, 1.165) is 0 Å². The van der Waals surface area contributed by atoms with Gasteiger partial charge in [-0.05, 0) is 11.4 Å². The van der Waals surface area contributed by atoms with Crippen molar-refractivity contribution in [3.05, 3.63) is 58.3 Å². The first-order valence-corrected chi connectivity index (χ1v) is 5.88. The molecule has 1 unspecified atom stereocenters. The lowest BCUT2D eigenvalue weighted by atomic mass is 10.1. The summed E-state index contributed by atoms with van der Waals surface area (Å²) in [5, 5.41) is 10.8. The van der Waals surface area contributed by atoms with Gasteiger partial charge in [0.15, 0.2) is 0 Å². The fraction of sp³-hybridized carbons (Fsp3) is 0.0769. The molecule has 84 valence electrons. The van der Waals surface area contributed by atoms with Gasteiger partial charge in [0, 0.05) is 5.56 Å². The van der Waals surface area contributed by atoms with E-state index in [0.29, 0.717) is 10.4 Å². The highest BCUT2D eigenvalue weighted by Gasteiger charge is 2.17. The first-order valence-electron chi connectivity index (χ1n) is 5.00. The zero-order chi connectivity index (χ0) is 12.1. The largest absolute Gasteiger partial charge is 0.438 e. The average Bonchev–Trinajstić information content (AvgIpc) is 2.90. The van der Waals surface area contributed by atoms with E-state index in [9.17, 15) is 4.79 Å². The Hall–Kier alpha value is -2.12. The van der Waals surface area contributed by atoms with Gasteiger partial charge in [-0.15, -0.1) is 11.3 Å². The molecule has 0 saturated heterocycles. The first-order chi connectivity index (χ1) is 8.31. The van der Waals surface area contributed by atoms with Gasteiger partial charge in [0.05, 0.1) is 0 Å². The summed E-state index contributed by atoms with van der Waals surface area (Å²) in [4.78, 5) is 12.2. The van der Waals surface area contributed by atoms with Crippen LogP contribution in [0.15, 0.2) is 47.8 Å². The van der Waals surface area contributed by atoms with Gasteiger partial charge in [-0.1, -0.05) is 36.4 Å². The molecule has 0 amide bonds. The van der Waals surface area contributed by atoms with Crippen LogP contribution in [0.1, 0.15) is 21.3 Å². The van der Waals surface area contributed by atoms with Gasteiger partial charge in [0.1, 0.15) is 10.9 Å². The number of esters is 1. The van der Waals surface area contributed by atoms with Crippen molar-refractivity contribution in [1.29, 1.82) is 5.26 Å². The maximum atomic E-state index is 11.7. The SMILES string of the molecule is N#CC(OC(=O)c1cccs1)c1ccccc1. The molecule has 0 fully saturated rings. The van der Waals surface area contributed by atoms with Crippen molar-refractivity contribution in [2.75, 3.05) is 0 Å². The molecule has 2 aromatic rings. The summed E-state index contributed by atoms with van der Waals surface area (Å²) < 4.78 is 5.14. The van der Waals surface area contributed by atoms with Crippen molar-refractivity contribution in [1.82, 2.24) is 0 Å². The Labute approximate surface area is 103 Å². The Morgan fingerprint density at radius 2 is 2.00 bits per heavy atom. The van der Waals surface area contributed by atoms with Crippen molar-refractivity contribution in [3.8, 4) is 6.07 Å². The third kappa shape index (κ3) is 2.71. The summed E-state index contributed by atoms with van der Waals surface area (Å²) in [6.07, 6.45) is -0.856. The van der Waals surface area contributed by atoms with E-state index < -0.39 is 12.1 Å². The predicted octanol–water partition coefficient (Wildman–Crippen LogP) is 3.17. The molecule has 1 atom stereocenters. The fourth-order valence-corrected chi connectivity index (χ4v) is 1.96. The third-order valence-electron chi connectivity index (χ3n) is 2.17. The second-order valence-electron chi connectivity index (χ2n) is 3.30. The minimum atomic E-state index is -0.856. The summed E-state index contributed by atoms with van der Waals surface area (Å²) in [7, 11) is 0. The molecule has 0 saturated carbocycles. The Bertz CT molecular complexity index is 528. The summed E-state index contributed by atoms with van der Waals surface area (Å²) in [6, 6.07) is 14.4. The van der Waals surface area contributed by atoms with E-state index in [1.54, 1.807) is 41.8 Å². The van der Waals surface area contributed by atoms with Crippen molar-refractivity contribution in [2.24, 2.45) is 0 Å². The second kappa shape index (κ2) is 5.28. The second-order valence-corrected chi connectivity index (χ2v) is 4.25. The van der Waals surface area contributed by atoms with Crippen LogP contribution in [0.3, 0.4) is 0 Å². The van der Waals surface area contributed by atoms with Crippen LogP contribution in [0.5, 0.6) is 0 Å². The van der Waals surface area contributed by atoms with E-state index in [1.165, 1.54) is 11.3 Å². The summed E-state index contributed by atoms with van der Waals surface area (Å²) in [6.45, 7) is 0. The lowest BCUT2D eigenvalue weighted by molar-refractivity contribution is 0.0410. The van der Waals surface area contributed by atoms with Crippen molar-refractivity contribution in [3.63, 3.8) is 0 Å². The molecule has 4 heteroatoms. The van der Waals surface area contributed by atoms with Crippen LogP contribution in [-0.4, -0.2) is 5.97 Å². The van der Waals surface area contributed by atoms with Gasteiger partial charge in [0.25, 0.3) is 0 Å². The number of nitrogens with zero attached hydrogens (tertiary/aromatic N) is 1. The molecular formula is C13H9NO2S. The Kier molecular flexibility index (Phi) is 3.53. The van der Waals surface area contributed by atoms with Crippen molar-refractivity contribution < 1.29 is 9.53 Å². The van der Waals surface area contributed by atoms with Crippen LogP contribution in [0.2, 0.25) is 0 Å². The predicted molar refractivity (Wildman–Crippen MR) is 64.5 cm³/mol. The number of carbonyl (C=O) groups is 1. The molecule has 2 rings (SSSR count). The summed E-state index contributed by atoms with van der Waals surface area (Å²) in [5.74, 6) is -0.463. The number of benzene rings is 1. The molecule has 0 radical (unpaired) electrons. The van der Waals surface area contributed by atoms with Crippen LogP contribution in [0, 0.1) is 11.3 Å². The number of hydrogen-bond donors (Lipinski definition) is 0. The molecule has 1 heterocycles. The summed E-state index contributed by atoms with van der Waals surface area (Å²) in [5.41, 5.74) is 0.680. The molecule has 0 bridgehead atoms. The molecule has 0 N–H and O–H groups in total. The van der Waals surface area contributed by atoms with Gasteiger partial charge < -0.3 is 4.74 Å². The molecule has 1 aromatic carbocycles.